The van der Waals surface area contributed by atoms with Crippen molar-refractivity contribution in [3.8, 4) is 0 Å². The number of nitrogens with zero attached hydrogens (tertiary/aromatic N) is 1. The molecule has 0 radical (unpaired) electrons. The summed E-state index contributed by atoms with van der Waals surface area (Å²) < 4.78 is 1.40. The molecule has 2 aromatic rings. The minimum atomic E-state index is -0.679. The lowest BCUT2D eigenvalue weighted by Crippen LogP contribution is -2.36. The molecule has 0 unspecified atom stereocenters. The van der Waals surface area contributed by atoms with Crippen LogP contribution in [0.3, 0.4) is 0 Å². The number of hydrogen-bond donors (Lipinski definition) is 3. The van der Waals surface area contributed by atoms with Gasteiger partial charge < -0.3 is 20.2 Å². The van der Waals surface area contributed by atoms with Gasteiger partial charge in [-0.05, 0) is 38.1 Å². The van der Waals surface area contributed by atoms with Gasteiger partial charge in [-0.3, -0.25) is 14.4 Å². The van der Waals surface area contributed by atoms with Gasteiger partial charge in [0.15, 0.2) is 0 Å². The Kier molecular flexibility index (Phi) is 6.17. The highest BCUT2D eigenvalue weighted by atomic mass is 35.5. The molecule has 1 aromatic carbocycles. The number of rotatable bonds is 4. The van der Waals surface area contributed by atoms with E-state index in [-0.39, 0.29) is 18.3 Å². The summed E-state index contributed by atoms with van der Waals surface area (Å²) in [5.74, 6) is -0.202. The summed E-state index contributed by atoms with van der Waals surface area (Å²) in [6.45, 7) is 4.47. The molecule has 7 nitrogen and oxygen atoms in total. The molecule has 3 rings (SSSR count). The monoisotopic (exact) mass is 364 g/mol. The van der Waals surface area contributed by atoms with E-state index in [0.29, 0.717) is 29.7 Å². The second-order valence-corrected chi connectivity index (χ2v) is 5.73. The van der Waals surface area contributed by atoms with Gasteiger partial charge in [-0.15, -0.1) is 12.4 Å². The predicted octanol–water partition coefficient (Wildman–Crippen LogP) is 0.781. The van der Waals surface area contributed by atoms with Gasteiger partial charge in [-0.25, -0.2) is 0 Å². The van der Waals surface area contributed by atoms with Crippen molar-refractivity contribution in [2.24, 2.45) is 0 Å². The van der Waals surface area contributed by atoms with Gasteiger partial charge in [0.2, 0.25) is 0 Å². The van der Waals surface area contributed by atoms with Crippen LogP contribution < -0.4 is 21.8 Å². The van der Waals surface area contributed by atoms with Crippen molar-refractivity contribution in [1.29, 1.82) is 0 Å². The largest absolute Gasteiger partial charge is 0.348 e. The number of H-pyrrole nitrogens is 1. The average Bonchev–Trinajstić information content (AvgIpc) is 2.61. The Balaban J connectivity index is 0.00000225. The fraction of sp³-hybridized carbons (Fsp3) is 0.353. The van der Waals surface area contributed by atoms with E-state index in [1.807, 2.05) is 0 Å². The summed E-state index contributed by atoms with van der Waals surface area (Å²) in [7, 11) is 0. The topological polar surface area (TPSA) is 96.0 Å². The van der Waals surface area contributed by atoms with Crippen molar-refractivity contribution >= 4 is 29.3 Å². The van der Waals surface area contributed by atoms with Gasteiger partial charge in [0, 0.05) is 25.2 Å². The summed E-state index contributed by atoms with van der Waals surface area (Å²) in [6.07, 6.45) is 3.01. The van der Waals surface area contributed by atoms with E-state index in [0.717, 1.165) is 19.5 Å². The molecule has 1 aliphatic rings. The first-order valence-electron chi connectivity index (χ1n) is 8.04. The van der Waals surface area contributed by atoms with Crippen LogP contribution in [-0.2, 0) is 6.54 Å². The molecule has 0 spiro atoms. The van der Waals surface area contributed by atoms with E-state index in [1.165, 1.54) is 10.1 Å². The minimum absolute atomic E-state index is 0. The number of benzene rings is 1. The number of aromatic amines is 1. The van der Waals surface area contributed by atoms with Crippen LogP contribution in [0.25, 0.3) is 11.0 Å². The standard InChI is InChI=1S/C17H20N4O3.ClH/c1-2-21-14-4-3-12(9-13(14)20-16(23)17(21)24)15(22)19-10-11-5-7-18-8-6-11;/h3-5,9,18H,2,6-8,10H2,1H3,(H,19,22)(H,20,23);1H. The molecule has 2 heterocycles. The third-order valence-corrected chi connectivity index (χ3v) is 4.19. The molecule has 0 bridgehead atoms. The van der Waals surface area contributed by atoms with E-state index in [2.05, 4.69) is 21.7 Å². The smallest absolute Gasteiger partial charge is 0.316 e. The van der Waals surface area contributed by atoms with E-state index >= 15 is 0 Å². The zero-order valence-electron chi connectivity index (χ0n) is 13.9. The lowest BCUT2D eigenvalue weighted by Gasteiger charge is -2.15. The molecule has 8 heteroatoms. The van der Waals surface area contributed by atoms with E-state index < -0.39 is 11.1 Å². The summed E-state index contributed by atoms with van der Waals surface area (Å²) in [5.41, 5.74) is 1.49. The molecule has 0 saturated heterocycles. The van der Waals surface area contributed by atoms with Crippen LogP contribution in [-0.4, -0.2) is 35.1 Å². The molecule has 0 atom stereocenters. The van der Waals surface area contributed by atoms with Crippen LogP contribution >= 0.6 is 12.4 Å². The second-order valence-electron chi connectivity index (χ2n) is 5.73. The van der Waals surface area contributed by atoms with E-state index in [1.54, 1.807) is 25.1 Å². The van der Waals surface area contributed by atoms with Gasteiger partial charge in [-0.2, -0.15) is 0 Å². The fourth-order valence-electron chi connectivity index (χ4n) is 2.86. The van der Waals surface area contributed by atoms with Gasteiger partial charge in [0.25, 0.3) is 5.91 Å². The second kappa shape index (κ2) is 8.13. The first kappa shape index (κ1) is 19.0. The Morgan fingerprint density at radius 3 is 2.80 bits per heavy atom. The Bertz CT molecular complexity index is 930. The molecule has 1 amide bonds. The summed E-state index contributed by atoms with van der Waals surface area (Å²) in [6, 6.07) is 4.96. The molecule has 0 saturated carbocycles. The number of nitrogens with one attached hydrogen (secondary N) is 3. The maximum Gasteiger partial charge on any atom is 0.316 e. The Morgan fingerprint density at radius 2 is 2.12 bits per heavy atom. The highest BCUT2D eigenvalue weighted by Crippen LogP contribution is 2.12. The molecule has 134 valence electrons. The molecule has 1 aliphatic heterocycles. The van der Waals surface area contributed by atoms with Gasteiger partial charge in [0.05, 0.1) is 11.0 Å². The predicted molar refractivity (Wildman–Crippen MR) is 99.7 cm³/mol. The zero-order chi connectivity index (χ0) is 17.1. The molecule has 1 aromatic heterocycles. The quantitative estimate of drug-likeness (QED) is 0.552. The van der Waals surface area contributed by atoms with Crippen molar-refractivity contribution in [2.75, 3.05) is 19.6 Å². The van der Waals surface area contributed by atoms with Gasteiger partial charge in [0.1, 0.15) is 0 Å². The minimum Gasteiger partial charge on any atom is -0.348 e. The third kappa shape index (κ3) is 4.00. The molecule has 3 N–H and O–H groups in total. The number of carbonyl (C=O) groups excluding carboxylic acids is 1. The van der Waals surface area contributed by atoms with Crippen molar-refractivity contribution in [1.82, 2.24) is 20.2 Å². The highest BCUT2D eigenvalue weighted by Gasteiger charge is 2.11. The molecular weight excluding hydrogens is 344 g/mol. The van der Waals surface area contributed by atoms with Crippen LogP contribution in [0.2, 0.25) is 0 Å². The first-order chi connectivity index (χ1) is 11.6. The first-order valence-corrected chi connectivity index (χ1v) is 8.04. The highest BCUT2D eigenvalue weighted by molar-refractivity contribution is 5.97. The molecule has 0 aliphatic carbocycles. The summed E-state index contributed by atoms with van der Waals surface area (Å²) in [4.78, 5) is 38.4. The third-order valence-electron chi connectivity index (χ3n) is 4.19. The number of halogens is 1. The van der Waals surface area contributed by atoms with E-state index in [4.69, 9.17) is 0 Å². The maximum absolute atomic E-state index is 12.3. The molecular formula is C17H21ClN4O3. The number of carbonyl (C=O) groups is 1. The van der Waals surface area contributed by atoms with Crippen LogP contribution in [0.15, 0.2) is 39.4 Å². The maximum atomic E-state index is 12.3. The van der Waals surface area contributed by atoms with Crippen LogP contribution in [0, 0.1) is 0 Å². The van der Waals surface area contributed by atoms with Gasteiger partial charge >= 0.3 is 11.1 Å². The Labute approximate surface area is 150 Å². The van der Waals surface area contributed by atoms with Crippen molar-refractivity contribution < 1.29 is 4.79 Å². The van der Waals surface area contributed by atoms with Crippen molar-refractivity contribution in [2.45, 2.75) is 19.9 Å². The molecule has 25 heavy (non-hydrogen) atoms. The number of hydrogen-bond acceptors (Lipinski definition) is 4. The summed E-state index contributed by atoms with van der Waals surface area (Å²) >= 11 is 0. The van der Waals surface area contributed by atoms with E-state index in [9.17, 15) is 14.4 Å². The van der Waals surface area contributed by atoms with Crippen LogP contribution in [0.1, 0.15) is 23.7 Å². The number of aromatic nitrogens is 2. The zero-order valence-corrected chi connectivity index (χ0v) is 14.7. The Morgan fingerprint density at radius 1 is 1.32 bits per heavy atom. The molecule has 0 fully saturated rings. The SMILES string of the molecule is CCn1c(=O)c(=O)[nH]c2cc(C(=O)NCC3=CCNCC3)ccc21.Cl. The van der Waals surface area contributed by atoms with Gasteiger partial charge in [-0.1, -0.05) is 11.6 Å². The lowest BCUT2D eigenvalue weighted by molar-refractivity contribution is 0.0956. The van der Waals surface area contributed by atoms with Crippen molar-refractivity contribution in [3.63, 3.8) is 0 Å². The number of aryl methyl sites for hydroxylation is 1. The Hall–Kier alpha value is -2.38. The fourth-order valence-corrected chi connectivity index (χ4v) is 2.86. The number of amides is 1. The summed E-state index contributed by atoms with van der Waals surface area (Å²) in [5, 5.41) is 6.12. The average molecular weight is 365 g/mol. The van der Waals surface area contributed by atoms with Crippen LogP contribution in [0.5, 0.6) is 0 Å². The number of fused-ring (bicyclic) bond motifs is 1. The lowest BCUT2D eigenvalue weighted by atomic mass is 10.1. The van der Waals surface area contributed by atoms with Crippen LogP contribution in [0.4, 0.5) is 0 Å². The normalized spacial score (nSPS) is 13.9. The van der Waals surface area contributed by atoms with Crippen molar-refractivity contribution in [3.05, 3.63) is 56.1 Å².